The van der Waals surface area contributed by atoms with E-state index >= 15 is 0 Å². The van der Waals surface area contributed by atoms with Crippen molar-refractivity contribution in [2.45, 2.75) is 43.6 Å². The van der Waals surface area contributed by atoms with Gasteiger partial charge in [0.25, 0.3) is 5.91 Å². The molecule has 1 amide bonds. The summed E-state index contributed by atoms with van der Waals surface area (Å²) in [5, 5.41) is 22.6. The van der Waals surface area contributed by atoms with Gasteiger partial charge >= 0.3 is 0 Å². The van der Waals surface area contributed by atoms with E-state index < -0.39 is 12.2 Å². The molecule has 1 aromatic heterocycles. The van der Waals surface area contributed by atoms with E-state index in [9.17, 15) is 15.0 Å². The van der Waals surface area contributed by atoms with Crippen molar-refractivity contribution in [2.75, 3.05) is 26.2 Å². The van der Waals surface area contributed by atoms with E-state index in [4.69, 9.17) is 9.15 Å². The van der Waals surface area contributed by atoms with Crippen molar-refractivity contribution >= 4 is 5.91 Å². The Kier molecular flexibility index (Phi) is 5.32. The first kappa shape index (κ1) is 16.4. The Bertz CT molecular complexity index is 501. The molecule has 2 aliphatic rings. The van der Waals surface area contributed by atoms with Crippen LogP contribution < -0.4 is 5.32 Å². The molecule has 2 fully saturated rings. The molecule has 0 saturated carbocycles. The van der Waals surface area contributed by atoms with Gasteiger partial charge in [-0.1, -0.05) is 6.42 Å². The lowest BCUT2D eigenvalue weighted by atomic mass is 9.99. The van der Waals surface area contributed by atoms with Gasteiger partial charge in [0.15, 0.2) is 5.76 Å². The number of carbonyl (C=O) groups is 1. The Morgan fingerprint density at radius 1 is 1.30 bits per heavy atom. The highest BCUT2D eigenvalue weighted by molar-refractivity contribution is 5.91. The van der Waals surface area contributed by atoms with Gasteiger partial charge in [-0.3, -0.25) is 9.69 Å². The summed E-state index contributed by atoms with van der Waals surface area (Å²) >= 11 is 0. The minimum Gasteiger partial charge on any atom is -0.459 e. The molecule has 23 heavy (non-hydrogen) atoms. The lowest BCUT2D eigenvalue weighted by molar-refractivity contribution is -0.0209. The SMILES string of the molecule is O=C(NC[C@H]1O[C@@H](CO)[C@@H](O)[C@H]1N1CCCCC1)c1ccco1. The van der Waals surface area contributed by atoms with Crippen molar-refractivity contribution in [2.24, 2.45) is 0 Å². The van der Waals surface area contributed by atoms with Crippen LogP contribution in [-0.2, 0) is 4.74 Å². The quantitative estimate of drug-likeness (QED) is 0.705. The van der Waals surface area contributed by atoms with E-state index in [-0.39, 0.29) is 37.0 Å². The minimum atomic E-state index is -0.747. The standard InChI is InChI=1S/C16H24N2O5/c19-10-13-15(20)14(18-6-2-1-3-7-18)12(23-13)9-17-16(21)11-5-4-8-22-11/h4-5,8,12-15,19-20H,1-3,6-7,9-10H2,(H,17,21)/t12-,13+,14+,15-/m1/s1. The van der Waals surface area contributed by atoms with Crippen molar-refractivity contribution in [1.29, 1.82) is 0 Å². The van der Waals surface area contributed by atoms with Crippen LogP contribution in [0.3, 0.4) is 0 Å². The number of hydrogen-bond donors (Lipinski definition) is 3. The summed E-state index contributed by atoms with van der Waals surface area (Å²) in [7, 11) is 0. The van der Waals surface area contributed by atoms with Crippen molar-refractivity contribution in [3.05, 3.63) is 24.2 Å². The van der Waals surface area contributed by atoms with Crippen LogP contribution in [0.5, 0.6) is 0 Å². The van der Waals surface area contributed by atoms with Gasteiger partial charge in [0, 0.05) is 6.54 Å². The van der Waals surface area contributed by atoms with Crippen LogP contribution in [0, 0.1) is 0 Å². The summed E-state index contributed by atoms with van der Waals surface area (Å²) in [5.41, 5.74) is 0. The number of piperidine rings is 1. The number of hydrogen-bond acceptors (Lipinski definition) is 6. The summed E-state index contributed by atoms with van der Waals surface area (Å²) in [6.07, 6.45) is 3.14. The Hall–Kier alpha value is -1.41. The van der Waals surface area contributed by atoms with Crippen molar-refractivity contribution < 1.29 is 24.2 Å². The largest absolute Gasteiger partial charge is 0.459 e. The van der Waals surface area contributed by atoms with E-state index in [2.05, 4.69) is 10.2 Å². The summed E-state index contributed by atoms with van der Waals surface area (Å²) in [6, 6.07) is 3.05. The smallest absolute Gasteiger partial charge is 0.287 e. The summed E-state index contributed by atoms with van der Waals surface area (Å²) in [5.74, 6) is -0.0605. The first-order valence-electron chi connectivity index (χ1n) is 8.21. The first-order chi connectivity index (χ1) is 11.2. The molecule has 0 spiro atoms. The molecule has 4 atom stereocenters. The second-order valence-electron chi connectivity index (χ2n) is 6.16. The number of carbonyl (C=O) groups excluding carboxylic acids is 1. The molecule has 7 nitrogen and oxygen atoms in total. The summed E-state index contributed by atoms with van der Waals surface area (Å²) < 4.78 is 10.8. The van der Waals surface area contributed by atoms with E-state index in [0.29, 0.717) is 0 Å². The molecule has 0 aromatic carbocycles. The fourth-order valence-corrected chi connectivity index (χ4v) is 3.50. The van der Waals surface area contributed by atoms with Crippen LogP contribution in [0.4, 0.5) is 0 Å². The third-order valence-electron chi connectivity index (χ3n) is 4.66. The minimum absolute atomic E-state index is 0.204. The number of nitrogens with zero attached hydrogens (tertiary/aromatic N) is 1. The average Bonchev–Trinajstić information content (AvgIpc) is 3.21. The van der Waals surface area contributed by atoms with E-state index in [1.54, 1.807) is 12.1 Å². The Labute approximate surface area is 135 Å². The maximum atomic E-state index is 12.0. The highest BCUT2D eigenvalue weighted by Gasteiger charge is 2.46. The molecule has 0 radical (unpaired) electrons. The van der Waals surface area contributed by atoms with Crippen LogP contribution >= 0.6 is 0 Å². The molecule has 128 valence electrons. The fraction of sp³-hybridized carbons (Fsp3) is 0.688. The van der Waals surface area contributed by atoms with Crippen LogP contribution in [-0.4, -0.2) is 71.6 Å². The van der Waals surface area contributed by atoms with Gasteiger partial charge in [0.1, 0.15) is 12.2 Å². The van der Waals surface area contributed by atoms with Crippen molar-refractivity contribution in [1.82, 2.24) is 10.2 Å². The Morgan fingerprint density at radius 3 is 2.74 bits per heavy atom. The first-order valence-corrected chi connectivity index (χ1v) is 8.21. The normalized spacial score (nSPS) is 32.1. The predicted octanol–water partition coefficient (Wildman–Crippen LogP) is -0.0155. The third-order valence-corrected chi connectivity index (χ3v) is 4.66. The van der Waals surface area contributed by atoms with Gasteiger partial charge in [-0.2, -0.15) is 0 Å². The predicted molar refractivity (Wildman–Crippen MR) is 82.0 cm³/mol. The maximum absolute atomic E-state index is 12.0. The monoisotopic (exact) mass is 324 g/mol. The zero-order valence-corrected chi connectivity index (χ0v) is 13.1. The lowest BCUT2D eigenvalue weighted by Gasteiger charge is -2.36. The van der Waals surface area contributed by atoms with Gasteiger partial charge < -0.3 is 24.7 Å². The van der Waals surface area contributed by atoms with Gasteiger partial charge in [-0.25, -0.2) is 0 Å². The number of furan rings is 1. The van der Waals surface area contributed by atoms with Crippen LogP contribution in [0.2, 0.25) is 0 Å². The Morgan fingerprint density at radius 2 is 2.09 bits per heavy atom. The molecule has 0 bridgehead atoms. The molecule has 3 heterocycles. The molecule has 2 saturated heterocycles. The molecular weight excluding hydrogens is 300 g/mol. The highest BCUT2D eigenvalue weighted by atomic mass is 16.5. The molecule has 3 N–H and O–H groups in total. The van der Waals surface area contributed by atoms with Crippen LogP contribution in [0.25, 0.3) is 0 Å². The molecule has 2 aliphatic heterocycles. The fourth-order valence-electron chi connectivity index (χ4n) is 3.50. The second-order valence-corrected chi connectivity index (χ2v) is 6.16. The number of amides is 1. The number of ether oxygens (including phenoxy) is 1. The summed E-state index contributed by atoms with van der Waals surface area (Å²) in [4.78, 5) is 14.2. The molecule has 3 rings (SSSR count). The van der Waals surface area contributed by atoms with E-state index in [1.165, 1.54) is 12.7 Å². The van der Waals surface area contributed by atoms with Crippen molar-refractivity contribution in [3.63, 3.8) is 0 Å². The maximum Gasteiger partial charge on any atom is 0.287 e. The molecule has 1 aromatic rings. The number of aliphatic hydroxyl groups excluding tert-OH is 2. The molecular formula is C16H24N2O5. The zero-order valence-electron chi connectivity index (χ0n) is 13.1. The number of nitrogens with one attached hydrogen (secondary N) is 1. The third kappa shape index (κ3) is 3.58. The molecule has 0 unspecified atom stereocenters. The number of likely N-dealkylation sites (tertiary alicyclic amines) is 1. The van der Waals surface area contributed by atoms with Gasteiger partial charge in [0.05, 0.1) is 25.0 Å². The lowest BCUT2D eigenvalue weighted by Crippen LogP contribution is -2.52. The van der Waals surface area contributed by atoms with Gasteiger partial charge in [-0.05, 0) is 38.1 Å². The van der Waals surface area contributed by atoms with E-state index in [1.807, 2.05) is 0 Å². The zero-order chi connectivity index (χ0) is 16.2. The van der Waals surface area contributed by atoms with Crippen LogP contribution in [0.15, 0.2) is 22.8 Å². The topological polar surface area (TPSA) is 95.2 Å². The second kappa shape index (κ2) is 7.44. The number of rotatable bonds is 5. The van der Waals surface area contributed by atoms with Gasteiger partial charge in [0.2, 0.25) is 0 Å². The van der Waals surface area contributed by atoms with Crippen LogP contribution in [0.1, 0.15) is 29.8 Å². The van der Waals surface area contributed by atoms with Gasteiger partial charge in [-0.15, -0.1) is 0 Å². The summed E-state index contributed by atoms with van der Waals surface area (Å²) in [6.45, 7) is 1.86. The highest BCUT2D eigenvalue weighted by Crippen LogP contribution is 2.28. The van der Waals surface area contributed by atoms with Crippen molar-refractivity contribution in [3.8, 4) is 0 Å². The Balaban J connectivity index is 1.64. The molecule has 7 heteroatoms. The molecule has 0 aliphatic carbocycles. The van der Waals surface area contributed by atoms with E-state index in [0.717, 1.165) is 25.9 Å². The number of aliphatic hydroxyl groups is 2. The average molecular weight is 324 g/mol.